The summed E-state index contributed by atoms with van der Waals surface area (Å²) in [5, 5.41) is 5.52. The van der Waals surface area contributed by atoms with E-state index >= 15 is 0 Å². The average molecular weight is 458 g/mol. The second-order valence-electron chi connectivity index (χ2n) is 9.88. The van der Waals surface area contributed by atoms with Gasteiger partial charge in [0.15, 0.2) is 6.61 Å². The SMILES string of the molecule is CCC(C)(C)C1CCC2(CC1)NC(=O)N(CC(=O)OCC(=O)NCc1ccccc1C)C2=O. The van der Waals surface area contributed by atoms with E-state index in [0.29, 0.717) is 25.3 Å². The van der Waals surface area contributed by atoms with Crippen LogP contribution in [0.1, 0.15) is 64.0 Å². The number of benzene rings is 1. The Kier molecular flexibility index (Phi) is 7.44. The number of aryl methyl sites for hydroxylation is 1. The summed E-state index contributed by atoms with van der Waals surface area (Å²) in [7, 11) is 0. The van der Waals surface area contributed by atoms with Crippen LogP contribution < -0.4 is 10.6 Å². The van der Waals surface area contributed by atoms with Crippen LogP contribution >= 0.6 is 0 Å². The summed E-state index contributed by atoms with van der Waals surface area (Å²) >= 11 is 0. The zero-order valence-corrected chi connectivity index (χ0v) is 20.0. The van der Waals surface area contributed by atoms with Crippen molar-refractivity contribution in [2.75, 3.05) is 13.2 Å². The van der Waals surface area contributed by atoms with Gasteiger partial charge in [-0.3, -0.25) is 19.3 Å². The van der Waals surface area contributed by atoms with Crippen molar-refractivity contribution in [3.05, 3.63) is 35.4 Å². The zero-order chi connectivity index (χ0) is 24.2. The lowest BCUT2D eigenvalue weighted by Gasteiger charge is -2.42. The van der Waals surface area contributed by atoms with E-state index in [0.717, 1.165) is 35.3 Å². The summed E-state index contributed by atoms with van der Waals surface area (Å²) in [6.07, 6.45) is 3.90. The Morgan fingerprint density at radius 3 is 2.52 bits per heavy atom. The second kappa shape index (κ2) is 9.93. The first-order valence-corrected chi connectivity index (χ1v) is 11.7. The molecule has 1 heterocycles. The molecular weight excluding hydrogens is 422 g/mol. The summed E-state index contributed by atoms with van der Waals surface area (Å²) in [6, 6.07) is 7.08. The number of ether oxygens (including phenoxy) is 1. The van der Waals surface area contributed by atoms with Crippen LogP contribution in [0.2, 0.25) is 0 Å². The lowest BCUT2D eigenvalue weighted by molar-refractivity contribution is -0.151. The van der Waals surface area contributed by atoms with E-state index in [1.807, 2.05) is 31.2 Å². The van der Waals surface area contributed by atoms with Gasteiger partial charge in [-0.05, 0) is 55.1 Å². The average Bonchev–Trinajstić information content (AvgIpc) is 3.01. The minimum atomic E-state index is -0.928. The van der Waals surface area contributed by atoms with Crippen LogP contribution in [0.4, 0.5) is 4.79 Å². The molecule has 8 nitrogen and oxygen atoms in total. The number of rotatable bonds is 8. The molecule has 1 saturated heterocycles. The van der Waals surface area contributed by atoms with Crippen LogP contribution in [0.3, 0.4) is 0 Å². The second-order valence-corrected chi connectivity index (χ2v) is 9.88. The van der Waals surface area contributed by atoms with E-state index in [9.17, 15) is 19.2 Å². The highest BCUT2D eigenvalue weighted by Crippen LogP contribution is 2.45. The normalized spacial score (nSPS) is 22.9. The van der Waals surface area contributed by atoms with Crippen molar-refractivity contribution in [2.45, 2.75) is 71.9 Å². The van der Waals surface area contributed by atoms with Gasteiger partial charge in [-0.25, -0.2) is 4.79 Å². The van der Waals surface area contributed by atoms with Crippen LogP contribution in [0.25, 0.3) is 0 Å². The Hall–Kier alpha value is -2.90. The van der Waals surface area contributed by atoms with Crippen LogP contribution in [-0.4, -0.2) is 47.4 Å². The molecule has 2 fully saturated rings. The van der Waals surface area contributed by atoms with Gasteiger partial charge in [-0.2, -0.15) is 0 Å². The molecule has 8 heteroatoms. The standard InChI is InChI=1S/C25H35N3O5/c1-5-24(3,4)19-10-12-25(13-11-19)22(31)28(23(32)27-25)15-21(30)33-16-20(29)26-14-18-9-7-6-8-17(18)2/h6-9,19H,5,10-16H2,1-4H3,(H,26,29)(H,27,32). The third-order valence-corrected chi connectivity index (χ3v) is 7.49. The van der Waals surface area contributed by atoms with Crippen molar-refractivity contribution < 1.29 is 23.9 Å². The summed E-state index contributed by atoms with van der Waals surface area (Å²) < 4.78 is 5.01. The number of esters is 1. The number of carbonyl (C=O) groups is 4. The molecule has 1 aromatic rings. The highest BCUT2D eigenvalue weighted by molar-refractivity contribution is 6.08. The van der Waals surface area contributed by atoms with Crippen molar-refractivity contribution in [1.29, 1.82) is 0 Å². The molecule has 2 N–H and O–H groups in total. The van der Waals surface area contributed by atoms with Crippen molar-refractivity contribution in [3.63, 3.8) is 0 Å². The molecule has 180 valence electrons. The van der Waals surface area contributed by atoms with Gasteiger partial charge < -0.3 is 15.4 Å². The lowest BCUT2D eigenvalue weighted by Crippen LogP contribution is -2.51. The number of amides is 4. The van der Waals surface area contributed by atoms with E-state index in [4.69, 9.17) is 4.74 Å². The molecule has 0 atom stereocenters. The maximum Gasteiger partial charge on any atom is 0.326 e. The molecule has 4 amide bonds. The zero-order valence-electron chi connectivity index (χ0n) is 20.0. The van der Waals surface area contributed by atoms with E-state index < -0.39 is 36.6 Å². The molecule has 3 rings (SSSR count). The first kappa shape index (κ1) is 24.7. The van der Waals surface area contributed by atoms with E-state index in [1.54, 1.807) is 0 Å². The van der Waals surface area contributed by atoms with Gasteiger partial charge in [-0.1, -0.05) is 51.5 Å². The minimum Gasteiger partial charge on any atom is -0.454 e. The molecule has 1 aliphatic heterocycles. The Labute approximate surface area is 195 Å². The van der Waals surface area contributed by atoms with Gasteiger partial charge >= 0.3 is 12.0 Å². The third-order valence-electron chi connectivity index (χ3n) is 7.49. The number of urea groups is 1. The van der Waals surface area contributed by atoms with Crippen LogP contribution in [0.5, 0.6) is 0 Å². The number of nitrogens with one attached hydrogen (secondary N) is 2. The fourth-order valence-electron chi connectivity index (χ4n) is 4.71. The molecule has 1 spiro atoms. The largest absolute Gasteiger partial charge is 0.454 e. The number of imide groups is 1. The predicted octanol–water partition coefficient (Wildman–Crippen LogP) is 3.07. The van der Waals surface area contributed by atoms with Crippen molar-refractivity contribution in [2.24, 2.45) is 11.3 Å². The molecule has 0 radical (unpaired) electrons. The van der Waals surface area contributed by atoms with Gasteiger partial charge in [0.1, 0.15) is 12.1 Å². The summed E-state index contributed by atoms with van der Waals surface area (Å²) in [5.74, 6) is -1.12. The molecule has 2 aliphatic rings. The van der Waals surface area contributed by atoms with Crippen molar-refractivity contribution in [3.8, 4) is 0 Å². The monoisotopic (exact) mass is 457 g/mol. The smallest absolute Gasteiger partial charge is 0.326 e. The van der Waals surface area contributed by atoms with Crippen LogP contribution in [0, 0.1) is 18.3 Å². The highest BCUT2D eigenvalue weighted by Gasteiger charge is 2.53. The quantitative estimate of drug-likeness (QED) is 0.461. The third kappa shape index (κ3) is 5.54. The van der Waals surface area contributed by atoms with Gasteiger partial charge in [-0.15, -0.1) is 0 Å². The molecule has 0 unspecified atom stereocenters. The summed E-state index contributed by atoms with van der Waals surface area (Å²) in [4.78, 5) is 50.7. The Balaban J connectivity index is 1.47. The van der Waals surface area contributed by atoms with Gasteiger partial charge in [0.05, 0.1) is 0 Å². The lowest BCUT2D eigenvalue weighted by atomic mass is 9.65. The number of hydrogen-bond donors (Lipinski definition) is 2. The number of carbonyl (C=O) groups excluding carboxylic acids is 4. The van der Waals surface area contributed by atoms with Gasteiger partial charge in [0.25, 0.3) is 11.8 Å². The number of hydrogen-bond acceptors (Lipinski definition) is 5. The van der Waals surface area contributed by atoms with Gasteiger partial charge in [0, 0.05) is 6.54 Å². The van der Waals surface area contributed by atoms with Crippen molar-refractivity contribution in [1.82, 2.24) is 15.5 Å². The maximum absolute atomic E-state index is 13.0. The molecular formula is C25H35N3O5. The Morgan fingerprint density at radius 2 is 1.88 bits per heavy atom. The molecule has 1 aliphatic carbocycles. The summed E-state index contributed by atoms with van der Waals surface area (Å²) in [5.41, 5.74) is 1.28. The fraction of sp³-hybridized carbons (Fsp3) is 0.600. The first-order valence-electron chi connectivity index (χ1n) is 11.7. The first-order chi connectivity index (χ1) is 15.6. The Bertz CT molecular complexity index is 918. The van der Waals surface area contributed by atoms with Crippen LogP contribution in [-0.2, 0) is 25.7 Å². The van der Waals surface area contributed by atoms with Crippen LogP contribution in [0.15, 0.2) is 24.3 Å². The topological polar surface area (TPSA) is 105 Å². The highest BCUT2D eigenvalue weighted by atomic mass is 16.5. The maximum atomic E-state index is 13.0. The Morgan fingerprint density at radius 1 is 1.21 bits per heavy atom. The minimum absolute atomic E-state index is 0.191. The molecule has 33 heavy (non-hydrogen) atoms. The molecule has 0 bridgehead atoms. The van der Waals surface area contributed by atoms with E-state index in [1.165, 1.54) is 0 Å². The van der Waals surface area contributed by atoms with E-state index in [-0.39, 0.29) is 11.3 Å². The predicted molar refractivity (Wildman–Crippen MR) is 123 cm³/mol. The fourth-order valence-corrected chi connectivity index (χ4v) is 4.71. The number of nitrogens with zero attached hydrogens (tertiary/aromatic N) is 1. The van der Waals surface area contributed by atoms with E-state index in [2.05, 4.69) is 31.4 Å². The molecule has 1 aromatic carbocycles. The molecule has 0 aromatic heterocycles. The molecule has 1 saturated carbocycles. The van der Waals surface area contributed by atoms with Crippen molar-refractivity contribution >= 4 is 23.8 Å². The summed E-state index contributed by atoms with van der Waals surface area (Å²) in [6.45, 7) is 7.96. The van der Waals surface area contributed by atoms with Gasteiger partial charge in [0.2, 0.25) is 0 Å².